The molecule has 0 bridgehead atoms. The van der Waals surface area contributed by atoms with Gasteiger partial charge in [0.15, 0.2) is 0 Å². The summed E-state index contributed by atoms with van der Waals surface area (Å²) in [6, 6.07) is 6.47. The van der Waals surface area contributed by atoms with Crippen LogP contribution in [0.4, 0.5) is 0 Å². The van der Waals surface area contributed by atoms with Crippen molar-refractivity contribution in [3.63, 3.8) is 0 Å². The summed E-state index contributed by atoms with van der Waals surface area (Å²) in [6.45, 7) is 0.361. The van der Waals surface area contributed by atoms with Gasteiger partial charge in [0.05, 0.1) is 6.61 Å². The number of amides is 1. The fourth-order valence-electron chi connectivity index (χ4n) is 1.95. The number of esters is 1. The first-order valence-corrected chi connectivity index (χ1v) is 6.93. The highest BCUT2D eigenvalue weighted by Gasteiger charge is 2.28. The summed E-state index contributed by atoms with van der Waals surface area (Å²) in [5, 5.41) is 8.46. The number of carbonyl (C=O) groups is 2. The molecule has 7 heteroatoms. The largest absolute Gasteiger partial charge is 0.464 e. The maximum atomic E-state index is 12.0. The second-order valence-corrected chi connectivity index (χ2v) is 4.96. The first-order chi connectivity index (χ1) is 9.74. The van der Waals surface area contributed by atoms with Gasteiger partial charge >= 0.3 is 5.97 Å². The molecule has 6 nitrogen and oxygen atoms in total. The van der Waals surface area contributed by atoms with E-state index in [-0.39, 0.29) is 11.9 Å². The van der Waals surface area contributed by atoms with Crippen LogP contribution < -0.4 is 5.32 Å². The van der Waals surface area contributed by atoms with Gasteiger partial charge in [-0.15, -0.1) is 5.10 Å². The van der Waals surface area contributed by atoms with Gasteiger partial charge < -0.3 is 10.1 Å². The van der Waals surface area contributed by atoms with Gasteiger partial charge in [-0.05, 0) is 23.7 Å². The Bertz CT molecular complexity index is 625. The minimum Gasteiger partial charge on any atom is -0.464 e. The molecule has 102 valence electrons. The third-order valence-corrected chi connectivity index (χ3v) is 3.55. The lowest BCUT2D eigenvalue weighted by molar-refractivity contribution is -0.139. The van der Waals surface area contributed by atoms with Crippen LogP contribution in [-0.2, 0) is 9.53 Å². The molecule has 0 unspecified atom stereocenters. The van der Waals surface area contributed by atoms with Crippen LogP contribution >= 0.6 is 11.5 Å². The molecule has 1 aromatic heterocycles. The summed E-state index contributed by atoms with van der Waals surface area (Å²) in [5.41, 5.74) is 2.17. The van der Waals surface area contributed by atoms with Crippen LogP contribution in [0.3, 0.4) is 0 Å². The standard InChI is InChI=1S/C13H11N3O3S/c17-12(14-10-5-6-19-13(10)18)9-3-1-8(2-4-9)11-7-20-16-15-11/h1-4,7,10H,5-6H2,(H,14,17)/t10-/m0/s1. The van der Waals surface area contributed by atoms with Crippen molar-refractivity contribution >= 4 is 23.4 Å². The van der Waals surface area contributed by atoms with Crippen LogP contribution in [-0.4, -0.2) is 34.1 Å². The molecule has 0 aliphatic carbocycles. The Morgan fingerprint density at radius 1 is 1.35 bits per heavy atom. The predicted molar refractivity (Wildman–Crippen MR) is 72.2 cm³/mol. The quantitative estimate of drug-likeness (QED) is 0.860. The van der Waals surface area contributed by atoms with Crippen molar-refractivity contribution in [2.45, 2.75) is 12.5 Å². The molecule has 1 amide bonds. The Morgan fingerprint density at radius 2 is 2.15 bits per heavy atom. The average molecular weight is 289 g/mol. The van der Waals surface area contributed by atoms with Gasteiger partial charge in [0.1, 0.15) is 11.7 Å². The second kappa shape index (κ2) is 5.38. The van der Waals surface area contributed by atoms with E-state index >= 15 is 0 Å². The van der Waals surface area contributed by atoms with Crippen molar-refractivity contribution in [2.75, 3.05) is 6.61 Å². The fourth-order valence-corrected chi connectivity index (χ4v) is 2.42. The molecule has 1 atom stereocenters. The van der Waals surface area contributed by atoms with E-state index in [2.05, 4.69) is 14.9 Å². The van der Waals surface area contributed by atoms with Gasteiger partial charge in [-0.1, -0.05) is 16.6 Å². The second-order valence-electron chi connectivity index (χ2n) is 4.35. The van der Waals surface area contributed by atoms with Gasteiger partial charge in [-0.25, -0.2) is 4.79 Å². The van der Waals surface area contributed by atoms with E-state index in [0.717, 1.165) is 11.3 Å². The zero-order valence-corrected chi connectivity index (χ0v) is 11.2. The molecule has 1 saturated heterocycles. The van der Waals surface area contributed by atoms with Gasteiger partial charge in [-0.3, -0.25) is 4.79 Å². The number of nitrogens with zero attached hydrogens (tertiary/aromatic N) is 2. The first-order valence-electron chi connectivity index (χ1n) is 6.09. The number of hydrogen-bond donors (Lipinski definition) is 1. The molecule has 1 aliphatic heterocycles. The summed E-state index contributed by atoms with van der Waals surface area (Å²) in [7, 11) is 0. The highest BCUT2D eigenvalue weighted by molar-refractivity contribution is 7.03. The first kappa shape index (κ1) is 12.7. The number of benzene rings is 1. The molecule has 1 N–H and O–H groups in total. The normalized spacial score (nSPS) is 17.8. The number of ether oxygens (including phenoxy) is 1. The highest BCUT2D eigenvalue weighted by Crippen LogP contribution is 2.18. The Hall–Kier alpha value is -2.28. The van der Waals surface area contributed by atoms with E-state index in [0.29, 0.717) is 18.6 Å². The monoisotopic (exact) mass is 289 g/mol. The van der Waals surface area contributed by atoms with Crippen LogP contribution in [0.1, 0.15) is 16.8 Å². The van der Waals surface area contributed by atoms with Crippen LogP contribution in [0.15, 0.2) is 29.6 Å². The third kappa shape index (κ3) is 2.53. The molecule has 0 radical (unpaired) electrons. The number of hydrogen-bond acceptors (Lipinski definition) is 6. The zero-order valence-electron chi connectivity index (χ0n) is 10.4. The maximum Gasteiger partial charge on any atom is 0.328 e. The van der Waals surface area contributed by atoms with Crippen molar-refractivity contribution < 1.29 is 14.3 Å². The molecule has 1 aromatic carbocycles. The van der Waals surface area contributed by atoms with Gasteiger partial charge in [0, 0.05) is 22.9 Å². The van der Waals surface area contributed by atoms with Crippen molar-refractivity contribution in [3.8, 4) is 11.3 Å². The van der Waals surface area contributed by atoms with Crippen molar-refractivity contribution in [1.29, 1.82) is 0 Å². The highest BCUT2D eigenvalue weighted by atomic mass is 32.1. The molecule has 1 aliphatic rings. The van der Waals surface area contributed by atoms with Crippen molar-refractivity contribution in [1.82, 2.24) is 14.9 Å². The molecule has 3 rings (SSSR count). The average Bonchev–Trinajstić information content (AvgIpc) is 3.12. The Morgan fingerprint density at radius 3 is 2.75 bits per heavy atom. The smallest absolute Gasteiger partial charge is 0.328 e. The lowest BCUT2D eigenvalue weighted by Crippen LogP contribution is -2.37. The van der Waals surface area contributed by atoms with Crippen LogP contribution in [0.25, 0.3) is 11.3 Å². The molecule has 2 aromatic rings. The van der Waals surface area contributed by atoms with Gasteiger partial charge in [0.25, 0.3) is 5.91 Å². The topological polar surface area (TPSA) is 81.2 Å². The van der Waals surface area contributed by atoms with Crippen LogP contribution in [0.2, 0.25) is 0 Å². The van der Waals surface area contributed by atoms with Crippen LogP contribution in [0.5, 0.6) is 0 Å². The SMILES string of the molecule is O=C(N[C@H]1CCOC1=O)c1ccc(-c2csnn2)cc1. The van der Waals surface area contributed by atoms with E-state index in [4.69, 9.17) is 4.74 Å². The minimum absolute atomic E-state index is 0.281. The van der Waals surface area contributed by atoms with E-state index in [1.54, 1.807) is 24.3 Å². The van der Waals surface area contributed by atoms with Crippen molar-refractivity contribution in [3.05, 3.63) is 35.2 Å². The zero-order chi connectivity index (χ0) is 13.9. The molecule has 0 spiro atoms. The minimum atomic E-state index is -0.537. The molecular weight excluding hydrogens is 278 g/mol. The fraction of sp³-hybridized carbons (Fsp3) is 0.231. The Balaban J connectivity index is 1.71. The molecule has 0 saturated carbocycles. The summed E-state index contributed by atoms with van der Waals surface area (Å²) >= 11 is 1.27. The van der Waals surface area contributed by atoms with E-state index in [9.17, 15) is 9.59 Å². The molecule has 20 heavy (non-hydrogen) atoms. The molecule has 2 heterocycles. The summed E-state index contributed by atoms with van der Waals surface area (Å²) < 4.78 is 8.60. The summed E-state index contributed by atoms with van der Waals surface area (Å²) in [6.07, 6.45) is 0.521. The lowest BCUT2D eigenvalue weighted by Gasteiger charge is -2.08. The number of cyclic esters (lactones) is 1. The van der Waals surface area contributed by atoms with Gasteiger partial charge in [0.2, 0.25) is 0 Å². The summed E-state index contributed by atoms with van der Waals surface area (Å²) in [5.74, 6) is -0.652. The number of aromatic nitrogens is 2. The number of nitrogens with one attached hydrogen (secondary N) is 1. The van der Waals surface area contributed by atoms with Crippen molar-refractivity contribution in [2.24, 2.45) is 0 Å². The lowest BCUT2D eigenvalue weighted by atomic mass is 10.1. The van der Waals surface area contributed by atoms with E-state index < -0.39 is 6.04 Å². The number of carbonyl (C=O) groups excluding carboxylic acids is 2. The predicted octanol–water partition coefficient (Wildman–Crippen LogP) is 1.25. The Labute approximate surface area is 118 Å². The third-order valence-electron chi connectivity index (χ3n) is 3.04. The molecular formula is C13H11N3O3S. The van der Waals surface area contributed by atoms with Crippen LogP contribution in [0, 0.1) is 0 Å². The summed E-state index contributed by atoms with van der Waals surface area (Å²) in [4.78, 5) is 23.3. The van der Waals surface area contributed by atoms with Gasteiger partial charge in [-0.2, -0.15) is 0 Å². The van der Waals surface area contributed by atoms with E-state index in [1.807, 2.05) is 5.38 Å². The Kier molecular flexibility index (Phi) is 3.42. The van der Waals surface area contributed by atoms with E-state index in [1.165, 1.54) is 11.5 Å². The molecule has 1 fully saturated rings. The number of rotatable bonds is 3. The maximum absolute atomic E-state index is 12.0.